The molecule has 0 fully saturated rings. The van der Waals surface area contributed by atoms with Crippen LogP contribution in [0.1, 0.15) is 6.42 Å². The van der Waals surface area contributed by atoms with Crippen LogP contribution in [-0.2, 0) is 10.2 Å². The quantitative estimate of drug-likeness (QED) is 0.559. The van der Waals surface area contributed by atoms with E-state index in [4.69, 9.17) is 0 Å². The maximum absolute atomic E-state index is 12.1. The fourth-order valence-electron chi connectivity index (χ4n) is 1.29. The van der Waals surface area contributed by atoms with E-state index in [1.54, 1.807) is 14.1 Å². The SMILES string of the molecule is CNCCCN(C)S(=O)(=O)N(C)CCN(C)C. The summed E-state index contributed by atoms with van der Waals surface area (Å²) in [6.45, 7) is 2.59. The average Bonchev–Trinajstić information content (AvgIpc) is 2.25. The van der Waals surface area contributed by atoms with Crippen molar-refractivity contribution in [3.05, 3.63) is 0 Å². The Labute approximate surface area is 106 Å². The van der Waals surface area contributed by atoms with Gasteiger partial charge in [0.1, 0.15) is 0 Å². The zero-order valence-electron chi connectivity index (χ0n) is 11.6. The van der Waals surface area contributed by atoms with Gasteiger partial charge in [-0.2, -0.15) is 17.0 Å². The van der Waals surface area contributed by atoms with Crippen LogP contribution in [0.25, 0.3) is 0 Å². The number of rotatable bonds is 9. The van der Waals surface area contributed by atoms with Gasteiger partial charge in [-0.1, -0.05) is 0 Å². The summed E-state index contributed by atoms with van der Waals surface area (Å²) in [5.41, 5.74) is 0. The largest absolute Gasteiger partial charge is 0.320 e. The second-order valence-electron chi connectivity index (χ2n) is 4.41. The summed E-state index contributed by atoms with van der Waals surface area (Å²) < 4.78 is 26.9. The van der Waals surface area contributed by atoms with Gasteiger partial charge in [-0.25, -0.2) is 0 Å². The lowest BCUT2D eigenvalue weighted by Crippen LogP contribution is -2.42. The summed E-state index contributed by atoms with van der Waals surface area (Å²) in [6.07, 6.45) is 0.813. The Hall–Kier alpha value is -0.210. The van der Waals surface area contributed by atoms with Crippen LogP contribution in [0.4, 0.5) is 0 Å². The molecule has 0 unspecified atom stereocenters. The lowest BCUT2D eigenvalue weighted by Gasteiger charge is -2.25. The van der Waals surface area contributed by atoms with Crippen molar-refractivity contribution in [2.45, 2.75) is 6.42 Å². The Morgan fingerprint density at radius 1 is 0.941 bits per heavy atom. The van der Waals surface area contributed by atoms with Gasteiger partial charge in [0.2, 0.25) is 0 Å². The molecular formula is C10H26N4O2S. The first-order chi connectivity index (χ1) is 7.82. The smallest absolute Gasteiger partial charge is 0.281 e. The molecule has 0 saturated heterocycles. The Morgan fingerprint density at radius 3 is 1.94 bits per heavy atom. The van der Waals surface area contributed by atoms with Gasteiger partial charge in [-0.3, -0.25) is 0 Å². The lowest BCUT2D eigenvalue weighted by atomic mass is 10.4. The normalized spacial score (nSPS) is 12.9. The van der Waals surface area contributed by atoms with Gasteiger partial charge in [-0.15, -0.1) is 0 Å². The Morgan fingerprint density at radius 2 is 1.47 bits per heavy atom. The number of likely N-dealkylation sites (N-methyl/N-ethyl adjacent to an activating group) is 2. The molecule has 6 nitrogen and oxygen atoms in total. The van der Waals surface area contributed by atoms with Crippen molar-refractivity contribution in [3.8, 4) is 0 Å². The number of hydrogen-bond acceptors (Lipinski definition) is 4. The summed E-state index contributed by atoms with van der Waals surface area (Å²) in [4.78, 5) is 1.97. The summed E-state index contributed by atoms with van der Waals surface area (Å²) in [6, 6.07) is 0. The highest BCUT2D eigenvalue weighted by molar-refractivity contribution is 7.86. The van der Waals surface area contributed by atoms with Crippen LogP contribution in [-0.4, -0.2) is 83.3 Å². The lowest BCUT2D eigenvalue weighted by molar-refractivity contribution is 0.337. The highest BCUT2D eigenvalue weighted by Gasteiger charge is 2.22. The van der Waals surface area contributed by atoms with Crippen LogP contribution < -0.4 is 5.32 Å². The van der Waals surface area contributed by atoms with Crippen LogP contribution in [0, 0.1) is 0 Å². The Kier molecular flexibility index (Phi) is 7.89. The van der Waals surface area contributed by atoms with E-state index in [9.17, 15) is 8.42 Å². The van der Waals surface area contributed by atoms with Crippen molar-refractivity contribution in [3.63, 3.8) is 0 Å². The van der Waals surface area contributed by atoms with Crippen LogP contribution in [0.2, 0.25) is 0 Å². The maximum atomic E-state index is 12.1. The summed E-state index contributed by atoms with van der Waals surface area (Å²) in [5, 5.41) is 3.00. The fourth-order valence-corrected chi connectivity index (χ4v) is 2.44. The Bertz CT molecular complexity index is 293. The van der Waals surface area contributed by atoms with E-state index in [1.807, 2.05) is 26.0 Å². The van der Waals surface area contributed by atoms with Gasteiger partial charge in [0.25, 0.3) is 10.2 Å². The van der Waals surface area contributed by atoms with Gasteiger partial charge < -0.3 is 10.2 Å². The molecule has 0 atom stereocenters. The zero-order valence-corrected chi connectivity index (χ0v) is 12.4. The molecule has 0 radical (unpaired) electrons. The molecule has 0 saturated carbocycles. The average molecular weight is 266 g/mol. The third-order valence-corrected chi connectivity index (χ3v) is 4.49. The van der Waals surface area contributed by atoms with Gasteiger partial charge in [0, 0.05) is 33.7 Å². The van der Waals surface area contributed by atoms with Gasteiger partial charge in [0.05, 0.1) is 0 Å². The number of nitrogens with one attached hydrogen (secondary N) is 1. The molecule has 0 aromatic carbocycles. The van der Waals surface area contributed by atoms with Crippen LogP contribution in [0.15, 0.2) is 0 Å². The molecule has 0 bridgehead atoms. The van der Waals surface area contributed by atoms with Crippen LogP contribution in [0.5, 0.6) is 0 Å². The topological polar surface area (TPSA) is 55.9 Å². The number of nitrogens with zero attached hydrogens (tertiary/aromatic N) is 3. The van der Waals surface area contributed by atoms with Crippen molar-refractivity contribution >= 4 is 10.2 Å². The first kappa shape index (κ1) is 16.8. The summed E-state index contributed by atoms with van der Waals surface area (Å²) >= 11 is 0. The summed E-state index contributed by atoms with van der Waals surface area (Å²) in [5.74, 6) is 0. The molecule has 0 spiro atoms. The fraction of sp³-hybridized carbons (Fsp3) is 1.00. The molecule has 0 aliphatic carbocycles. The molecule has 0 amide bonds. The van der Waals surface area contributed by atoms with E-state index in [1.165, 1.54) is 8.61 Å². The second-order valence-corrected chi connectivity index (χ2v) is 6.55. The molecule has 1 N–H and O–H groups in total. The van der Waals surface area contributed by atoms with E-state index >= 15 is 0 Å². The molecule has 104 valence electrons. The first-order valence-electron chi connectivity index (χ1n) is 5.79. The molecule has 0 aliphatic rings. The summed E-state index contributed by atoms with van der Waals surface area (Å²) in [7, 11) is 5.65. The predicted molar refractivity (Wildman–Crippen MR) is 71.3 cm³/mol. The van der Waals surface area contributed by atoms with Crippen molar-refractivity contribution in [2.75, 3.05) is 61.4 Å². The molecular weight excluding hydrogens is 240 g/mol. The minimum absolute atomic E-state index is 0.506. The zero-order chi connectivity index (χ0) is 13.5. The molecule has 0 aliphatic heterocycles. The van der Waals surface area contributed by atoms with E-state index in [0.29, 0.717) is 13.1 Å². The first-order valence-corrected chi connectivity index (χ1v) is 7.19. The molecule has 0 heterocycles. The molecule has 17 heavy (non-hydrogen) atoms. The second kappa shape index (κ2) is 7.99. The van der Waals surface area contributed by atoms with Crippen LogP contribution >= 0.6 is 0 Å². The van der Waals surface area contributed by atoms with Crippen molar-refractivity contribution in [1.82, 2.24) is 18.8 Å². The maximum Gasteiger partial charge on any atom is 0.281 e. The van der Waals surface area contributed by atoms with Gasteiger partial charge in [0.15, 0.2) is 0 Å². The van der Waals surface area contributed by atoms with E-state index < -0.39 is 10.2 Å². The predicted octanol–water partition coefficient (Wildman–Crippen LogP) is -0.734. The van der Waals surface area contributed by atoms with Gasteiger partial charge in [-0.05, 0) is 34.1 Å². The van der Waals surface area contributed by atoms with Crippen molar-refractivity contribution in [2.24, 2.45) is 0 Å². The molecule has 0 rings (SSSR count). The highest BCUT2D eigenvalue weighted by Crippen LogP contribution is 2.04. The third kappa shape index (κ3) is 6.32. The number of hydrogen-bond donors (Lipinski definition) is 1. The highest BCUT2D eigenvalue weighted by atomic mass is 32.2. The van der Waals surface area contributed by atoms with Gasteiger partial charge >= 0.3 is 0 Å². The third-order valence-electron chi connectivity index (χ3n) is 2.55. The van der Waals surface area contributed by atoms with Crippen molar-refractivity contribution < 1.29 is 8.42 Å². The minimum Gasteiger partial charge on any atom is -0.320 e. The van der Waals surface area contributed by atoms with E-state index in [-0.39, 0.29) is 0 Å². The standard InChI is InChI=1S/C10H26N4O2S/c1-11-7-6-8-13(4)17(15,16)14(5)10-9-12(2)3/h11H,6-10H2,1-5H3. The monoisotopic (exact) mass is 266 g/mol. The van der Waals surface area contributed by atoms with E-state index in [0.717, 1.165) is 19.5 Å². The van der Waals surface area contributed by atoms with E-state index in [2.05, 4.69) is 5.32 Å². The Balaban J connectivity index is 4.23. The molecule has 7 heteroatoms. The van der Waals surface area contributed by atoms with Crippen LogP contribution in [0.3, 0.4) is 0 Å². The van der Waals surface area contributed by atoms with Crippen molar-refractivity contribution in [1.29, 1.82) is 0 Å². The minimum atomic E-state index is -3.30. The molecule has 0 aromatic rings. The molecule has 0 aromatic heterocycles.